The molecule has 27 heavy (non-hydrogen) atoms. The van der Waals surface area contributed by atoms with E-state index in [-0.39, 0.29) is 42.2 Å². The van der Waals surface area contributed by atoms with Gasteiger partial charge in [0.2, 0.25) is 0 Å². The first-order chi connectivity index (χ1) is 12.5. The van der Waals surface area contributed by atoms with Gasteiger partial charge in [-0.3, -0.25) is 0 Å². The summed E-state index contributed by atoms with van der Waals surface area (Å²) in [5, 5.41) is 7.37. The van der Waals surface area contributed by atoms with Crippen molar-refractivity contribution < 1.29 is 9.53 Å². The zero-order chi connectivity index (χ0) is 18.9. The van der Waals surface area contributed by atoms with E-state index in [2.05, 4.69) is 15.6 Å². The van der Waals surface area contributed by atoms with Gasteiger partial charge >= 0.3 is 6.03 Å². The molecule has 0 aliphatic carbocycles. The van der Waals surface area contributed by atoms with Crippen LogP contribution in [0.15, 0.2) is 29.3 Å². The van der Waals surface area contributed by atoms with Crippen molar-refractivity contribution in [1.82, 2.24) is 15.5 Å². The molecule has 1 heterocycles. The van der Waals surface area contributed by atoms with Gasteiger partial charge in [0.1, 0.15) is 11.9 Å². The number of carbonyl (C=O) groups excluding carboxylic acids is 1. The lowest BCUT2D eigenvalue weighted by Crippen LogP contribution is -2.50. The fourth-order valence-corrected chi connectivity index (χ4v) is 2.89. The average Bonchev–Trinajstić information content (AvgIpc) is 2.62. The summed E-state index contributed by atoms with van der Waals surface area (Å²) < 4.78 is 5.85. The van der Waals surface area contributed by atoms with Crippen LogP contribution in [-0.2, 0) is 0 Å². The molecule has 2 rings (SSSR count). The number of nitrogens with zero attached hydrogens (tertiary/aromatic N) is 2. The second-order valence-electron chi connectivity index (χ2n) is 6.35. The number of halogens is 2. The minimum atomic E-state index is -0.350. The summed E-state index contributed by atoms with van der Waals surface area (Å²) in [5.74, 6) is 1.53. The third kappa shape index (κ3) is 8.42. The summed E-state index contributed by atoms with van der Waals surface area (Å²) in [6, 6.07) is 7.22. The number of nitrogens with one attached hydrogen (secondary N) is 2. The van der Waals surface area contributed by atoms with E-state index in [0.29, 0.717) is 24.7 Å². The van der Waals surface area contributed by atoms with Crippen LogP contribution >= 0.6 is 35.6 Å². The Morgan fingerprint density at radius 2 is 2.00 bits per heavy atom. The minimum absolute atomic E-state index is 0. The van der Waals surface area contributed by atoms with Gasteiger partial charge in [0, 0.05) is 30.7 Å². The third-order valence-electron chi connectivity index (χ3n) is 4.15. The molecule has 1 aliphatic rings. The molecule has 0 saturated carbocycles. The number of amides is 2. The van der Waals surface area contributed by atoms with Crippen LogP contribution in [0.2, 0.25) is 5.02 Å². The van der Waals surface area contributed by atoms with Crippen LogP contribution in [0.3, 0.4) is 0 Å². The van der Waals surface area contributed by atoms with E-state index >= 15 is 0 Å². The second-order valence-corrected chi connectivity index (χ2v) is 6.78. The Morgan fingerprint density at radius 3 is 2.56 bits per heavy atom. The number of nitrogens with two attached hydrogens (primary N) is 1. The second kappa shape index (κ2) is 12.1. The first-order valence-corrected chi connectivity index (χ1v) is 9.37. The van der Waals surface area contributed by atoms with Crippen LogP contribution in [0.1, 0.15) is 26.7 Å². The summed E-state index contributed by atoms with van der Waals surface area (Å²) in [7, 11) is 0. The molecule has 1 saturated heterocycles. The van der Waals surface area contributed by atoms with Crippen LogP contribution in [0.5, 0.6) is 5.75 Å². The minimum Gasteiger partial charge on any atom is -0.489 e. The number of primary amides is 1. The Bertz CT molecular complexity index is 606. The van der Waals surface area contributed by atoms with Gasteiger partial charge in [0.05, 0.1) is 6.54 Å². The van der Waals surface area contributed by atoms with Crippen LogP contribution in [0.25, 0.3) is 0 Å². The van der Waals surface area contributed by atoms with Gasteiger partial charge in [-0.15, -0.1) is 24.0 Å². The maximum atomic E-state index is 11.2. The van der Waals surface area contributed by atoms with Crippen molar-refractivity contribution in [2.75, 3.05) is 26.2 Å². The monoisotopic (exact) mass is 509 g/mol. The van der Waals surface area contributed by atoms with E-state index in [1.807, 2.05) is 26.0 Å². The first-order valence-electron chi connectivity index (χ1n) is 8.99. The van der Waals surface area contributed by atoms with E-state index in [1.54, 1.807) is 17.0 Å². The van der Waals surface area contributed by atoms with Crippen molar-refractivity contribution in [1.29, 1.82) is 0 Å². The smallest absolute Gasteiger partial charge is 0.314 e. The number of carbonyl (C=O) groups is 1. The molecule has 4 N–H and O–H groups in total. The summed E-state index contributed by atoms with van der Waals surface area (Å²) in [4.78, 5) is 17.5. The van der Waals surface area contributed by atoms with Crippen LogP contribution in [0.4, 0.5) is 4.79 Å². The third-order valence-corrected chi connectivity index (χ3v) is 4.40. The molecule has 1 unspecified atom stereocenters. The van der Waals surface area contributed by atoms with E-state index in [9.17, 15) is 4.79 Å². The fourth-order valence-electron chi connectivity index (χ4n) is 2.76. The highest BCUT2D eigenvalue weighted by atomic mass is 127. The van der Waals surface area contributed by atoms with E-state index in [4.69, 9.17) is 22.1 Å². The Labute approximate surface area is 183 Å². The molecule has 1 aromatic carbocycles. The number of likely N-dealkylation sites (tertiary alicyclic amines) is 1. The highest BCUT2D eigenvalue weighted by molar-refractivity contribution is 14.0. The number of hydrogen-bond donors (Lipinski definition) is 3. The number of urea groups is 1. The Morgan fingerprint density at radius 1 is 1.37 bits per heavy atom. The molecular formula is C18H29ClIN5O2. The number of aliphatic imine (C=N–C) groups is 1. The van der Waals surface area contributed by atoms with Gasteiger partial charge in [0.15, 0.2) is 5.96 Å². The zero-order valence-electron chi connectivity index (χ0n) is 15.8. The van der Waals surface area contributed by atoms with E-state index in [0.717, 1.165) is 31.1 Å². The quantitative estimate of drug-likeness (QED) is 0.312. The van der Waals surface area contributed by atoms with E-state index in [1.165, 1.54) is 0 Å². The van der Waals surface area contributed by atoms with Crippen molar-refractivity contribution in [3.63, 3.8) is 0 Å². The maximum absolute atomic E-state index is 11.2. The van der Waals surface area contributed by atoms with Gasteiger partial charge in [-0.05, 0) is 51.0 Å². The first kappa shape index (κ1) is 23.6. The number of hydrogen-bond acceptors (Lipinski definition) is 3. The van der Waals surface area contributed by atoms with Crippen molar-refractivity contribution in [2.24, 2.45) is 10.7 Å². The number of rotatable bonds is 6. The SMILES string of the molecule is CCNC(=NCC(C)Oc1ccc(Cl)cc1)NC1CCN(C(N)=O)CC1.I. The lowest BCUT2D eigenvalue weighted by atomic mass is 10.1. The van der Waals surface area contributed by atoms with E-state index < -0.39 is 0 Å². The van der Waals surface area contributed by atoms with Gasteiger partial charge < -0.3 is 26.0 Å². The zero-order valence-corrected chi connectivity index (χ0v) is 18.9. The Hall–Kier alpha value is -1.42. The van der Waals surface area contributed by atoms with Gasteiger partial charge in [-0.25, -0.2) is 9.79 Å². The highest BCUT2D eigenvalue weighted by Gasteiger charge is 2.21. The van der Waals surface area contributed by atoms with Crippen LogP contribution in [0, 0.1) is 0 Å². The highest BCUT2D eigenvalue weighted by Crippen LogP contribution is 2.16. The number of ether oxygens (including phenoxy) is 1. The molecule has 1 aromatic rings. The number of benzene rings is 1. The predicted octanol–water partition coefficient (Wildman–Crippen LogP) is 2.82. The lowest BCUT2D eigenvalue weighted by Gasteiger charge is -2.32. The molecule has 0 bridgehead atoms. The van der Waals surface area contributed by atoms with Crippen LogP contribution in [-0.4, -0.2) is 55.2 Å². The standard InChI is InChI=1S/C18H28ClN5O2.HI/c1-3-21-18(23-15-8-10-24(11-9-15)17(20)25)22-12-13(2)26-16-6-4-14(19)5-7-16;/h4-7,13,15H,3,8-12H2,1-2H3,(H2,20,25)(H2,21,22,23);1H. The normalized spacial score (nSPS) is 16.3. The number of guanidine groups is 1. The Balaban J connectivity index is 0.00000364. The molecule has 0 radical (unpaired) electrons. The lowest BCUT2D eigenvalue weighted by molar-refractivity contribution is 0.188. The van der Waals surface area contributed by atoms with Gasteiger partial charge in [-0.1, -0.05) is 11.6 Å². The Kier molecular flexibility index (Phi) is 10.6. The molecule has 2 amide bonds. The molecule has 1 fully saturated rings. The molecular weight excluding hydrogens is 481 g/mol. The van der Waals surface area contributed by atoms with Gasteiger partial charge in [-0.2, -0.15) is 0 Å². The summed E-state index contributed by atoms with van der Waals surface area (Å²) in [6.07, 6.45) is 1.64. The molecule has 152 valence electrons. The molecule has 0 aromatic heterocycles. The summed E-state index contributed by atoms with van der Waals surface area (Å²) >= 11 is 5.88. The molecule has 9 heteroatoms. The average molecular weight is 510 g/mol. The van der Waals surface area contributed by atoms with Crippen molar-refractivity contribution in [3.05, 3.63) is 29.3 Å². The predicted molar refractivity (Wildman–Crippen MR) is 120 cm³/mol. The summed E-state index contributed by atoms with van der Waals surface area (Å²) in [5.41, 5.74) is 5.32. The fraction of sp³-hybridized carbons (Fsp3) is 0.556. The molecule has 1 aliphatic heterocycles. The maximum Gasteiger partial charge on any atom is 0.314 e. The van der Waals surface area contributed by atoms with Gasteiger partial charge in [0.25, 0.3) is 0 Å². The van der Waals surface area contributed by atoms with Crippen LogP contribution < -0.4 is 21.1 Å². The molecule has 7 nitrogen and oxygen atoms in total. The van der Waals surface area contributed by atoms with Crippen molar-refractivity contribution in [2.45, 2.75) is 38.8 Å². The van der Waals surface area contributed by atoms with Crippen molar-refractivity contribution in [3.8, 4) is 5.75 Å². The topological polar surface area (TPSA) is 92.0 Å². The number of piperidine rings is 1. The van der Waals surface area contributed by atoms with Crippen molar-refractivity contribution >= 4 is 47.6 Å². The largest absolute Gasteiger partial charge is 0.489 e. The summed E-state index contributed by atoms with van der Waals surface area (Å²) in [6.45, 7) is 6.65. The molecule has 0 spiro atoms. The molecule has 1 atom stereocenters.